The zero-order valence-electron chi connectivity index (χ0n) is 9.73. The second-order valence-electron chi connectivity index (χ2n) is 3.34. The van der Waals surface area contributed by atoms with Crippen molar-refractivity contribution < 1.29 is 19.4 Å². The van der Waals surface area contributed by atoms with Gasteiger partial charge in [-0.05, 0) is 25.8 Å². The second kappa shape index (κ2) is 8.71. The Kier molecular flexibility index (Phi) is 7.85. The third kappa shape index (κ3) is 8.99. The Bertz CT molecular complexity index is 289. The molecule has 0 aromatic heterocycles. The summed E-state index contributed by atoms with van der Waals surface area (Å²) in [5.74, 6) is -0.768. The molecule has 4 heteroatoms. The molecule has 0 aromatic carbocycles. The summed E-state index contributed by atoms with van der Waals surface area (Å²) < 4.78 is 4.96. The monoisotopic (exact) mass is 226 g/mol. The molecule has 16 heavy (non-hydrogen) atoms. The first-order chi connectivity index (χ1) is 7.56. The van der Waals surface area contributed by atoms with Crippen LogP contribution in [0, 0.1) is 0 Å². The van der Waals surface area contributed by atoms with Crippen molar-refractivity contribution in [3.8, 4) is 0 Å². The van der Waals surface area contributed by atoms with Gasteiger partial charge in [-0.15, -0.1) is 0 Å². The molecule has 0 radical (unpaired) electrons. The molecule has 0 saturated carbocycles. The quantitative estimate of drug-likeness (QED) is 0.412. The van der Waals surface area contributed by atoms with Crippen LogP contribution in [-0.2, 0) is 14.3 Å². The zero-order chi connectivity index (χ0) is 12.4. The van der Waals surface area contributed by atoms with Crippen LogP contribution in [0.1, 0.15) is 39.5 Å². The van der Waals surface area contributed by atoms with Crippen molar-refractivity contribution in [1.29, 1.82) is 0 Å². The molecule has 1 N–H and O–H groups in total. The molecule has 0 aliphatic heterocycles. The Morgan fingerprint density at radius 3 is 2.56 bits per heavy atom. The van der Waals surface area contributed by atoms with Crippen LogP contribution < -0.4 is 0 Å². The maximum Gasteiger partial charge on any atom is 0.310 e. The van der Waals surface area contributed by atoms with Crippen molar-refractivity contribution >= 4 is 11.9 Å². The summed E-state index contributed by atoms with van der Waals surface area (Å²) in [6.45, 7) is 3.70. The molecule has 90 valence electrons. The van der Waals surface area contributed by atoms with Crippen LogP contribution in [0.2, 0.25) is 0 Å². The third-order valence-corrected chi connectivity index (χ3v) is 1.75. The first-order valence-corrected chi connectivity index (χ1v) is 5.32. The maximum atomic E-state index is 11.2. The van der Waals surface area contributed by atoms with Gasteiger partial charge in [0.15, 0.2) is 0 Å². The van der Waals surface area contributed by atoms with Gasteiger partial charge in [0.2, 0.25) is 0 Å². The molecule has 0 aliphatic carbocycles. The van der Waals surface area contributed by atoms with E-state index in [1.165, 1.54) is 0 Å². The number of carbonyl (C=O) groups excluding carboxylic acids is 1. The van der Waals surface area contributed by atoms with Crippen LogP contribution in [0.5, 0.6) is 0 Å². The van der Waals surface area contributed by atoms with Crippen molar-refractivity contribution in [2.75, 3.05) is 0 Å². The number of esters is 1. The molecule has 0 bridgehead atoms. The number of ether oxygens (including phenoxy) is 1. The van der Waals surface area contributed by atoms with Crippen molar-refractivity contribution in [3.63, 3.8) is 0 Å². The van der Waals surface area contributed by atoms with E-state index in [-0.39, 0.29) is 18.8 Å². The molecule has 0 saturated heterocycles. The molecule has 0 fully saturated rings. The summed E-state index contributed by atoms with van der Waals surface area (Å²) in [6.07, 6.45) is 6.84. The molecule has 0 amide bonds. The van der Waals surface area contributed by atoms with Crippen molar-refractivity contribution in [3.05, 3.63) is 24.0 Å². The molecular weight excluding hydrogens is 208 g/mol. The Morgan fingerprint density at radius 2 is 2.00 bits per heavy atom. The molecule has 0 aliphatic rings. The Balaban J connectivity index is 3.82. The largest absolute Gasteiger partial charge is 0.481 e. The summed E-state index contributed by atoms with van der Waals surface area (Å²) in [6, 6.07) is 0. The summed E-state index contributed by atoms with van der Waals surface area (Å²) in [5.41, 5.74) is 0. The average molecular weight is 226 g/mol. The van der Waals surface area contributed by atoms with Gasteiger partial charge < -0.3 is 9.84 Å². The standard InChI is InChI=1S/C12H18O4/c1-3-4-5-7-10(2)16-12(15)9-6-8-11(13)14/h4-5,7H,3,6,8-9H2,1-2H3,(H,13,14). The summed E-state index contributed by atoms with van der Waals surface area (Å²) >= 11 is 0. The van der Waals surface area contributed by atoms with E-state index in [0.29, 0.717) is 12.2 Å². The molecule has 0 spiro atoms. The highest BCUT2D eigenvalue weighted by Gasteiger charge is 2.05. The van der Waals surface area contributed by atoms with Crippen LogP contribution >= 0.6 is 0 Å². The van der Waals surface area contributed by atoms with E-state index in [9.17, 15) is 9.59 Å². The van der Waals surface area contributed by atoms with Crippen molar-refractivity contribution in [2.24, 2.45) is 0 Å². The molecular formula is C12H18O4. The minimum atomic E-state index is -0.897. The lowest BCUT2D eigenvalue weighted by atomic mass is 10.2. The predicted octanol–water partition coefficient (Wildman–Crippen LogP) is 2.65. The zero-order valence-corrected chi connectivity index (χ0v) is 9.73. The van der Waals surface area contributed by atoms with Crippen LogP contribution in [0.15, 0.2) is 24.0 Å². The normalized spacial score (nSPS) is 11.8. The fourth-order valence-corrected chi connectivity index (χ4v) is 0.988. The molecule has 0 atom stereocenters. The Morgan fingerprint density at radius 1 is 1.31 bits per heavy atom. The summed E-state index contributed by atoms with van der Waals surface area (Å²) in [4.78, 5) is 21.4. The second-order valence-corrected chi connectivity index (χ2v) is 3.34. The van der Waals surface area contributed by atoms with Gasteiger partial charge in [-0.25, -0.2) is 0 Å². The van der Waals surface area contributed by atoms with Gasteiger partial charge in [0.05, 0.1) is 0 Å². The Hall–Kier alpha value is -1.58. The lowest BCUT2D eigenvalue weighted by molar-refractivity contribution is -0.140. The van der Waals surface area contributed by atoms with Crippen LogP contribution in [0.4, 0.5) is 0 Å². The number of hydrogen-bond donors (Lipinski definition) is 1. The summed E-state index contributed by atoms with van der Waals surface area (Å²) in [7, 11) is 0. The van der Waals surface area contributed by atoms with E-state index in [0.717, 1.165) is 6.42 Å². The first kappa shape index (κ1) is 14.4. The molecule has 4 nitrogen and oxygen atoms in total. The maximum absolute atomic E-state index is 11.2. The highest BCUT2D eigenvalue weighted by Crippen LogP contribution is 2.03. The fourth-order valence-electron chi connectivity index (χ4n) is 0.988. The summed E-state index contributed by atoms with van der Waals surface area (Å²) in [5, 5.41) is 8.38. The predicted molar refractivity (Wildman–Crippen MR) is 60.8 cm³/mol. The van der Waals surface area contributed by atoms with Gasteiger partial charge in [0, 0.05) is 12.8 Å². The SMILES string of the molecule is CCC=CC=C(C)OC(=O)CCCC(=O)O. The molecule has 0 heterocycles. The van der Waals surface area contributed by atoms with Crippen LogP contribution in [-0.4, -0.2) is 17.0 Å². The van der Waals surface area contributed by atoms with E-state index in [2.05, 4.69) is 0 Å². The van der Waals surface area contributed by atoms with Gasteiger partial charge >= 0.3 is 11.9 Å². The Labute approximate surface area is 95.6 Å². The van der Waals surface area contributed by atoms with E-state index in [1.807, 2.05) is 19.1 Å². The minimum Gasteiger partial charge on any atom is -0.481 e. The van der Waals surface area contributed by atoms with E-state index in [1.54, 1.807) is 13.0 Å². The third-order valence-electron chi connectivity index (χ3n) is 1.75. The number of aliphatic carboxylic acids is 1. The molecule has 0 aromatic rings. The molecule has 0 rings (SSSR count). The minimum absolute atomic E-state index is 0.00635. The van der Waals surface area contributed by atoms with Gasteiger partial charge in [-0.3, -0.25) is 9.59 Å². The van der Waals surface area contributed by atoms with Gasteiger partial charge in [-0.1, -0.05) is 19.1 Å². The van der Waals surface area contributed by atoms with Gasteiger partial charge in [-0.2, -0.15) is 0 Å². The highest BCUT2D eigenvalue weighted by atomic mass is 16.5. The van der Waals surface area contributed by atoms with Gasteiger partial charge in [0.25, 0.3) is 0 Å². The van der Waals surface area contributed by atoms with Crippen molar-refractivity contribution in [1.82, 2.24) is 0 Å². The average Bonchev–Trinajstić information content (AvgIpc) is 2.17. The lowest BCUT2D eigenvalue weighted by Gasteiger charge is -2.02. The van der Waals surface area contributed by atoms with Crippen molar-refractivity contribution in [2.45, 2.75) is 39.5 Å². The lowest BCUT2D eigenvalue weighted by Crippen LogP contribution is -2.04. The van der Waals surface area contributed by atoms with Crippen LogP contribution in [0.3, 0.4) is 0 Å². The van der Waals surface area contributed by atoms with E-state index >= 15 is 0 Å². The van der Waals surface area contributed by atoms with Crippen LogP contribution in [0.25, 0.3) is 0 Å². The van der Waals surface area contributed by atoms with E-state index in [4.69, 9.17) is 9.84 Å². The van der Waals surface area contributed by atoms with E-state index < -0.39 is 5.97 Å². The number of carboxylic acid groups (broad SMARTS) is 1. The topological polar surface area (TPSA) is 63.6 Å². The number of carboxylic acids is 1. The highest BCUT2D eigenvalue weighted by molar-refractivity contribution is 5.72. The van der Waals surface area contributed by atoms with Gasteiger partial charge in [0.1, 0.15) is 5.76 Å². The molecule has 0 unspecified atom stereocenters. The first-order valence-electron chi connectivity index (χ1n) is 5.32. The smallest absolute Gasteiger partial charge is 0.310 e. The number of rotatable bonds is 7. The fraction of sp³-hybridized carbons (Fsp3) is 0.500. The number of carbonyl (C=O) groups is 2. The number of hydrogen-bond acceptors (Lipinski definition) is 3. The number of allylic oxidation sites excluding steroid dienone is 4.